The fourth-order valence-corrected chi connectivity index (χ4v) is 2.42. The molecule has 0 aliphatic carbocycles. The fraction of sp³-hybridized carbons (Fsp3) is 0.421. The highest BCUT2D eigenvalue weighted by atomic mass is 16.3. The number of hydrogen-bond acceptors (Lipinski definition) is 6. The molecule has 152 valence electrons. The van der Waals surface area contributed by atoms with Crippen LogP contribution in [0.15, 0.2) is 30.3 Å². The summed E-state index contributed by atoms with van der Waals surface area (Å²) < 4.78 is 0. The van der Waals surface area contributed by atoms with E-state index in [0.29, 0.717) is 6.21 Å². The van der Waals surface area contributed by atoms with Gasteiger partial charge in [0, 0.05) is 19.9 Å². The lowest BCUT2D eigenvalue weighted by Gasteiger charge is -2.24. The summed E-state index contributed by atoms with van der Waals surface area (Å²) in [5.74, 6) is -2.25. The van der Waals surface area contributed by atoms with Crippen LogP contribution in [0.3, 0.4) is 0 Å². The number of carbonyl (C=O) groups is 4. The van der Waals surface area contributed by atoms with E-state index >= 15 is 0 Å². The van der Waals surface area contributed by atoms with Crippen LogP contribution in [0.1, 0.15) is 32.3 Å². The quantitative estimate of drug-likeness (QED) is 0.328. The Morgan fingerprint density at radius 2 is 1.75 bits per heavy atom. The predicted octanol–water partition coefficient (Wildman–Crippen LogP) is -0.328. The third-order valence-electron chi connectivity index (χ3n) is 3.91. The molecule has 0 bridgehead atoms. The van der Waals surface area contributed by atoms with E-state index in [0.717, 1.165) is 5.56 Å². The van der Waals surface area contributed by atoms with E-state index in [2.05, 4.69) is 16.0 Å². The van der Waals surface area contributed by atoms with E-state index < -0.39 is 41.7 Å². The largest absolute Gasteiger partial charge is 0.391 e. The first-order valence-electron chi connectivity index (χ1n) is 8.85. The van der Waals surface area contributed by atoms with E-state index in [1.165, 1.54) is 13.8 Å². The first-order chi connectivity index (χ1) is 13.2. The zero-order valence-corrected chi connectivity index (χ0v) is 15.9. The summed E-state index contributed by atoms with van der Waals surface area (Å²) >= 11 is 0. The van der Waals surface area contributed by atoms with Crippen LogP contribution in [0.5, 0.6) is 0 Å². The van der Waals surface area contributed by atoms with Gasteiger partial charge in [0.1, 0.15) is 12.1 Å². The van der Waals surface area contributed by atoms with Crippen LogP contribution in [0.2, 0.25) is 0 Å². The number of Topliss-reactive ketones (excluding diaryl/α,β-unsaturated/α-hetero) is 1. The highest BCUT2D eigenvalue weighted by Gasteiger charge is 2.29. The van der Waals surface area contributed by atoms with Crippen molar-refractivity contribution in [2.75, 3.05) is 0 Å². The zero-order valence-electron chi connectivity index (χ0n) is 15.9. The van der Waals surface area contributed by atoms with Crippen molar-refractivity contribution in [3.8, 4) is 0 Å². The molecule has 3 amide bonds. The lowest BCUT2D eigenvalue weighted by atomic mass is 10.1. The summed E-state index contributed by atoms with van der Waals surface area (Å²) in [7, 11) is 0. The number of hydrogen-bond donors (Lipinski definition) is 5. The molecule has 0 saturated carbocycles. The summed E-state index contributed by atoms with van der Waals surface area (Å²) in [5, 5.41) is 24.2. The van der Waals surface area contributed by atoms with Gasteiger partial charge in [-0.25, -0.2) is 0 Å². The van der Waals surface area contributed by atoms with E-state index in [4.69, 9.17) is 5.41 Å². The van der Waals surface area contributed by atoms with Gasteiger partial charge in [-0.05, 0) is 18.9 Å². The number of carbonyl (C=O) groups excluding carboxylic acids is 4. The van der Waals surface area contributed by atoms with Crippen molar-refractivity contribution in [1.29, 1.82) is 5.41 Å². The number of aliphatic hydroxyl groups excluding tert-OH is 1. The molecule has 3 atom stereocenters. The molecule has 28 heavy (non-hydrogen) atoms. The molecule has 0 aliphatic heterocycles. The van der Waals surface area contributed by atoms with E-state index in [9.17, 15) is 24.3 Å². The van der Waals surface area contributed by atoms with Crippen LogP contribution >= 0.6 is 0 Å². The highest BCUT2D eigenvalue weighted by molar-refractivity contribution is 6.26. The lowest BCUT2D eigenvalue weighted by molar-refractivity contribution is -0.134. The Labute approximate surface area is 163 Å². The van der Waals surface area contributed by atoms with Crippen LogP contribution in [-0.4, -0.2) is 53.0 Å². The van der Waals surface area contributed by atoms with Crippen LogP contribution in [0.25, 0.3) is 0 Å². The van der Waals surface area contributed by atoms with Crippen LogP contribution in [0.4, 0.5) is 0 Å². The van der Waals surface area contributed by atoms with Gasteiger partial charge in [0.05, 0.1) is 12.3 Å². The molecule has 0 radical (unpaired) electrons. The predicted molar refractivity (Wildman–Crippen MR) is 103 cm³/mol. The minimum Gasteiger partial charge on any atom is -0.391 e. The Morgan fingerprint density at radius 1 is 1.11 bits per heavy atom. The first-order valence-corrected chi connectivity index (χ1v) is 8.85. The fourth-order valence-electron chi connectivity index (χ4n) is 2.42. The van der Waals surface area contributed by atoms with Crippen LogP contribution in [-0.2, 0) is 25.7 Å². The summed E-state index contributed by atoms with van der Waals surface area (Å²) in [4.78, 5) is 47.6. The average molecular weight is 390 g/mol. The van der Waals surface area contributed by atoms with Gasteiger partial charge < -0.3 is 26.5 Å². The van der Waals surface area contributed by atoms with Crippen molar-refractivity contribution in [3.05, 3.63) is 35.9 Å². The van der Waals surface area contributed by atoms with Crippen LogP contribution in [0, 0.1) is 5.41 Å². The van der Waals surface area contributed by atoms with Gasteiger partial charge in [0.25, 0.3) is 0 Å². The normalized spacial score (nSPS) is 13.5. The van der Waals surface area contributed by atoms with Gasteiger partial charge in [-0.2, -0.15) is 0 Å². The second kappa shape index (κ2) is 11.6. The molecule has 0 aliphatic rings. The number of benzene rings is 1. The monoisotopic (exact) mass is 390 g/mol. The van der Waals surface area contributed by atoms with Crippen molar-refractivity contribution in [2.24, 2.45) is 0 Å². The maximum Gasteiger partial charge on any atom is 0.245 e. The first kappa shape index (κ1) is 23.0. The third-order valence-corrected chi connectivity index (χ3v) is 3.91. The minimum absolute atomic E-state index is 0.0207. The smallest absolute Gasteiger partial charge is 0.245 e. The van der Waals surface area contributed by atoms with E-state index in [1.54, 1.807) is 0 Å². The highest BCUT2D eigenvalue weighted by Crippen LogP contribution is 2.03. The Bertz CT molecular complexity index is 706. The van der Waals surface area contributed by atoms with E-state index in [-0.39, 0.29) is 19.4 Å². The molecule has 1 unspecified atom stereocenters. The molecule has 0 aromatic heterocycles. The Morgan fingerprint density at radius 3 is 2.29 bits per heavy atom. The number of rotatable bonds is 11. The zero-order chi connectivity index (χ0) is 21.1. The summed E-state index contributed by atoms with van der Waals surface area (Å²) in [6.07, 6.45) is -0.656. The molecule has 5 N–H and O–H groups in total. The second-order valence-corrected chi connectivity index (χ2v) is 6.33. The summed E-state index contributed by atoms with van der Waals surface area (Å²) in [6.45, 7) is 2.77. The third kappa shape index (κ3) is 8.09. The molecular formula is C19H26N4O5. The van der Waals surface area contributed by atoms with Gasteiger partial charge in [-0.3, -0.25) is 19.2 Å². The molecule has 1 rings (SSSR count). The summed E-state index contributed by atoms with van der Waals surface area (Å²) in [5.41, 5.74) is 0.858. The number of ketones is 1. The van der Waals surface area contributed by atoms with Crippen LogP contribution < -0.4 is 16.0 Å². The molecule has 1 aromatic rings. The molecule has 9 nitrogen and oxygen atoms in total. The van der Waals surface area contributed by atoms with Crippen molar-refractivity contribution in [1.82, 2.24) is 16.0 Å². The number of nitrogens with one attached hydrogen (secondary N) is 4. The van der Waals surface area contributed by atoms with Gasteiger partial charge in [0.15, 0.2) is 5.78 Å². The van der Waals surface area contributed by atoms with Crippen molar-refractivity contribution < 1.29 is 24.3 Å². The maximum absolute atomic E-state index is 12.5. The van der Waals surface area contributed by atoms with Crippen molar-refractivity contribution in [3.63, 3.8) is 0 Å². The standard InChI is InChI=1S/C19H26N4O5/c1-12(24)17(22-13(2)25)19(28)23-16(9-8-15(26)10-20)18(27)21-11-14-6-4-3-5-7-14/h3-7,10,12,16-17,20,24H,8-9,11H2,1-2H3,(H,21,27)(H,22,25)(H,23,28)/t12?,16-,17-/m0/s1. The van der Waals surface area contributed by atoms with Gasteiger partial charge in [0.2, 0.25) is 17.7 Å². The summed E-state index contributed by atoms with van der Waals surface area (Å²) in [6, 6.07) is 6.85. The molecule has 1 aromatic carbocycles. The lowest BCUT2D eigenvalue weighted by Crippen LogP contribution is -2.56. The average Bonchev–Trinajstić information content (AvgIpc) is 2.67. The van der Waals surface area contributed by atoms with E-state index in [1.807, 2.05) is 30.3 Å². The van der Waals surface area contributed by atoms with Gasteiger partial charge in [-0.1, -0.05) is 30.3 Å². The Kier molecular flexibility index (Phi) is 9.52. The second-order valence-electron chi connectivity index (χ2n) is 6.33. The van der Waals surface area contributed by atoms with Crippen molar-refractivity contribution >= 4 is 29.7 Å². The van der Waals surface area contributed by atoms with Gasteiger partial charge in [-0.15, -0.1) is 0 Å². The molecule has 9 heteroatoms. The Balaban J connectivity index is 2.82. The molecule has 0 spiro atoms. The topological polar surface area (TPSA) is 148 Å². The SMILES string of the molecule is CC(=O)N[C@H](C(=O)N[C@@H](CCC(=O)C=N)C(=O)NCc1ccccc1)C(C)O. The Hall–Kier alpha value is -3.07. The molecule has 0 heterocycles. The number of aliphatic hydroxyl groups is 1. The minimum atomic E-state index is -1.24. The van der Waals surface area contributed by atoms with Crippen molar-refractivity contribution in [2.45, 2.75) is 51.4 Å². The molecule has 0 fully saturated rings. The molecular weight excluding hydrogens is 364 g/mol. The van der Waals surface area contributed by atoms with Gasteiger partial charge >= 0.3 is 0 Å². The maximum atomic E-state index is 12.5. The molecule has 0 saturated heterocycles. The number of amides is 3.